The Bertz CT molecular complexity index is 798. The monoisotopic (exact) mass is 348 g/mol. The first-order chi connectivity index (χ1) is 11.3. The SMILES string of the molecule is CCN(CC)c1ncc(S(=O)(=O)c2ccc(C(C)C)cc2)c(N)n1. The second-order valence-electron chi connectivity index (χ2n) is 5.82. The number of benzene rings is 1. The Balaban J connectivity index is 2.42. The van der Waals surface area contributed by atoms with E-state index in [-0.39, 0.29) is 15.6 Å². The molecular formula is C17H24N4O2S. The standard InChI is InChI=1S/C17H24N4O2S/c1-5-21(6-2)17-19-11-15(16(18)20-17)24(22,23)14-9-7-13(8-10-14)12(3)4/h7-12H,5-6H2,1-4H3,(H2,18,19,20). The highest BCUT2D eigenvalue weighted by atomic mass is 32.2. The van der Waals surface area contributed by atoms with E-state index < -0.39 is 9.84 Å². The molecule has 6 nitrogen and oxygen atoms in total. The lowest BCUT2D eigenvalue weighted by atomic mass is 10.0. The highest BCUT2D eigenvalue weighted by Gasteiger charge is 2.23. The van der Waals surface area contributed by atoms with Crippen molar-refractivity contribution in [2.45, 2.75) is 43.4 Å². The van der Waals surface area contributed by atoms with Crippen LogP contribution in [0.5, 0.6) is 0 Å². The maximum absolute atomic E-state index is 12.8. The molecule has 0 fully saturated rings. The summed E-state index contributed by atoms with van der Waals surface area (Å²) in [6.07, 6.45) is 1.29. The van der Waals surface area contributed by atoms with Gasteiger partial charge in [0, 0.05) is 13.1 Å². The molecule has 7 heteroatoms. The van der Waals surface area contributed by atoms with Crippen molar-refractivity contribution in [1.29, 1.82) is 0 Å². The molecule has 2 aromatic rings. The van der Waals surface area contributed by atoms with Gasteiger partial charge in [0.25, 0.3) is 0 Å². The summed E-state index contributed by atoms with van der Waals surface area (Å²) in [4.78, 5) is 10.4. The number of nitrogen functional groups attached to an aromatic ring is 1. The Labute approximate surface area is 143 Å². The molecule has 0 unspecified atom stereocenters. The Hall–Kier alpha value is -2.15. The number of rotatable bonds is 6. The lowest BCUT2D eigenvalue weighted by Crippen LogP contribution is -2.25. The van der Waals surface area contributed by atoms with Gasteiger partial charge in [0.05, 0.1) is 11.1 Å². The van der Waals surface area contributed by atoms with Gasteiger partial charge in [0.15, 0.2) is 0 Å². The van der Waals surface area contributed by atoms with Crippen LogP contribution < -0.4 is 10.6 Å². The maximum atomic E-state index is 12.8. The smallest absolute Gasteiger partial charge is 0.227 e. The molecule has 0 bridgehead atoms. The third-order valence-electron chi connectivity index (χ3n) is 3.96. The maximum Gasteiger partial charge on any atom is 0.227 e. The molecule has 2 rings (SSSR count). The zero-order valence-electron chi connectivity index (χ0n) is 14.5. The van der Waals surface area contributed by atoms with Crippen molar-refractivity contribution >= 4 is 21.6 Å². The molecule has 1 aromatic heterocycles. The molecule has 0 aliphatic carbocycles. The second kappa shape index (κ2) is 7.17. The van der Waals surface area contributed by atoms with E-state index in [2.05, 4.69) is 23.8 Å². The molecule has 0 amide bonds. The normalized spacial score (nSPS) is 11.7. The second-order valence-corrected chi connectivity index (χ2v) is 7.74. The number of hydrogen-bond donors (Lipinski definition) is 1. The van der Waals surface area contributed by atoms with E-state index in [1.54, 1.807) is 12.1 Å². The summed E-state index contributed by atoms with van der Waals surface area (Å²) < 4.78 is 25.6. The zero-order valence-corrected chi connectivity index (χ0v) is 15.3. The fraction of sp³-hybridized carbons (Fsp3) is 0.412. The summed E-state index contributed by atoms with van der Waals surface area (Å²) in [5.41, 5.74) is 6.99. The molecule has 0 atom stereocenters. The molecule has 0 saturated carbocycles. The highest BCUT2D eigenvalue weighted by Crippen LogP contribution is 2.26. The largest absolute Gasteiger partial charge is 0.382 e. The molecule has 0 radical (unpaired) electrons. The van der Waals surface area contributed by atoms with Gasteiger partial charge in [0.2, 0.25) is 15.8 Å². The van der Waals surface area contributed by atoms with Crippen LogP contribution in [0.2, 0.25) is 0 Å². The van der Waals surface area contributed by atoms with Gasteiger partial charge in [-0.15, -0.1) is 0 Å². The molecule has 1 aromatic carbocycles. The van der Waals surface area contributed by atoms with Crippen LogP contribution in [0.4, 0.5) is 11.8 Å². The van der Waals surface area contributed by atoms with Crippen LogP contribution in [-0.4, -0.2) is 31.5 Å². The first-order valence-corrected chi connectivity index (χ1v) is 9.52. The molecule has 0 aliphatic heterocycles. The van der Waals surface area contributed by atoms with Crippen molar-refractivity contribution in [1.82, 2.24) is 9.97 Å². The van der Waals surface area contributed by atoms with Crippen LogP contribution in [0, 0.1) is 0 Å². The lowest BCUT2D eigenvalue weighted by Gasteiger charge is -2.19. The van der Waals surface area contributed by atoms with Crippen LogP contribution in [0.15, 0.2) is 40.3 Å². The lowest BCUT2D eigenvalue weighted by molar-refractivity contribution is 0.595. The highest BCUT2D eigenvalue weighted by molar-refractivity contribution is 7.91. The topological polar surface area (TPSA) is 89.2 Å². The Kier molecular flexibility index (Phi) is 5.43. The summed E-state index contributed by atoms with van der Waals surface area (Å²) in [5.74, 6) is 0.745. The van der Waals surface area contributed by atoms with Gasteiger partial charge in [-0.05, 0) is 37.5 Å². The van der Waals surface area contributed by atoms with Gasteiger partial charge >= 0.3 is 0 Å². The summed E-state index contributed by atoms with van der Waals surface area (Å²) in [7, 11) is -3.74. The van der Waals surface area contributed by atoms with Crippen molar-refractivity contribution in [2.24, 2.45) is 0 Å². The fourth-order valence-electron chi connectivity index (χ4n) is 2.40. The summed E-state index contributed by atoms with van der Waals surface area (Å²) in [6, 6.07) is 6.84. The minimum atomic E-state index is -3.74. The average molecular weight is 348 g/mol. The number of hydrogen-bond acceptors (Lipinski definition) is 6. The number of anilines is 2. The Morgan fingerprint density at radius 1 is 1.12 bits per heavy atom. The van der Waals surface area contributed by atoms with Gasteiger partial charge in [-0.25, -0.2) is 13.4 Å². The summed E-state index contributed by atoms with van der Waals surface area (Å²) >= 11 is 0. The van der Waals surface area contributed by atoms with Crippen LogP contribution >= 0.6 is 0 Å². The third-order valence-corrected chi connectivity index (χ3v) is 5.75. The van der Waals surface area contributed by atoms with E-state index in [9.17, 15) is 8.42 Å². The van der Waals surface area contributed by atoms with Crippen LogP contribution in [0.1, 0.15) is 39.2 Å². The van der Waals surface area contributed by atoms with Crippen molar-refractivity contribution < 1.29 is 8.42 Å². The van der Waals surface area contributed by atoms with Crippen LogP contribution in [-0.2, 0) is 9.84 Å². The predicted molar refractivity (Wildman–Crippen MR) is 96.0 cm³/mol. The van der Waals surface area contributed by atoms with E-state index in [4.69, 9.17) is 5.73 Å². The van der Waals surface area contributed by atoms with Crippen LogP contribution in [0.3, 0.4) is 0 Å². The first-order valence-electron chi connectivity index (χ1n) is 8.03. The Morgan fingerprint density at radius 3 is 2.17 bits per heavy atom. The fourth-order valence-corrected chi connectivity index (χ4v) is 3.66. The molecular weight excluding hydrogens is 324 g/mol. The van der Waals surface area contributed by atoms with E-state index in [1.165, 1.54) is 6.20 Å². The zero-order chi connectivity index (χ0) is 17.9. The van der Waals surface area contributed by atoms with Gasteiger partial charge in [-0.2, -0.15) is 4.98 Å². The van der Waals surface area contributed by atoms with E-state index in [0.717, 1.165) is 18.7 Å². The van der Waals surface area contributed by atoms with Gasteiger partial charge in [-0.1, -0.05) is 26.0 Å². The quantitative estimate of drug-likeness (QED) is 0.863. The van der Waals surface area contributed by atoms with E-state index in [1.807, 2.05) is 30.9 Å². The van der Waals surface area contributed by atoms with Gasteiger partial charge < -0.3 is 10.6 Å². The predicted octanol–water partition coefficient (Wildman–Crippen LogP) is 2.86. The third kappa shape index (κ3) is 3.51. The molecule has 0 aliphatic rings. The van der Waals surface area contributed by atoms with Crippen molar-refractivity contribution in [3.05, 3.63) is 36.0 Å². The van der Waals surface area contributed by atoms with Crippen molar-refractivity contribution in [3.63, 3.8) is 0 Å². The summed E-state index contributed by atoms with van der Waals surface area (Å²) in [5, 5.41) is 0. The van der Waals surface area contributed by atoms with Crippen molar-refractivity contribution in [3.8, 4) is 0 Å². The average Bonchev–Trinajstić information content (AvgIpc) is 2.56. The summed E-state index contributed by atoms with van der Waals surface area (Å²) in [6.45, 7) is 9.51. The first kappa shape index (κ1) is 18.2. The van der Waals surface area contributed by atoms with Crippen LogP contribution in [0.25, 0.3) is 0 Å². The molecule has 130 valence electrons. The molecule has 2 N–H and O–H groups in total. The molecule has 24 heavy (non-hydrogen) atoms. The number of aromatic nitrogens is 2. The number of nitrogens with zero attached hydrogens (tertiary/aromatic N) is 3. The number of sulfone groups is 1. The van der Waals surface area contributed by atoms with Crippen molar-refractivity contribution in [2.75, 3.05) is 23.7 Å². The van der Waals surface area contributed by atoms with E-state index in [0.29, 0.717) is 11.9 Å². The van der Waals surface area contributed by atoms with Gasteiger partial charge in [-0.3, -0.25) is 0 Å². The van der Waals surface area contributed by atoms with E-state index >= 15 is 0 Å². The molecule has 0 saturated heterocycles. The molecule has 0 spiro atoms. The molecule has 1 heterocycles. The Morgan fingerprint density at radius 2 is 1.71 bits per heavy atom. The minimum Gasteiger partial charge on any atom is -0.382 e. The van der Waals surface area contributed by atoms with Gasteiger partial charge in [0.1, 0.15) is 10.7 Å². The number of nitrogens with two attached hydrogens (primary N) is 1. The minimum absolute atomic E-state index is 0.0279.